The zero-order chi connectivity index (χ0) is 18.3. The fraction of sp³-hybridized carbons (Fsp3) is 0.273. The molecule has 1 aliphatic rings. The molecule has 0 N–H and O–H groups in total. The Kier molecular flexibility index (Phi) is 4.11. The number of carbonyl (C=O) groups is 1. The summed E-state index contributed by atoms with van der Waals surface area (Å²) in [6, 6.07) is 18.0. The number of aromatic nitrogens is 2. The third kappa shape index (κ3) is 3.15. The maximum Gasteiger partial charge on any atom is 0.276 e. The lowest BCUT2D eigenvalue weighted by Crippen LogP contribution is -2.28. The number of anilines is 1. The first-order valence-electron chi connectivity index (χ1n) is 9.04. The molecule has 2 aromatic carbocycles. The van der Waals surface area contributed by atoms with Gasteiger partial charge in [0.15, 0.2) is 0 Å². The van der Waals surface area contributed by atoms with E-state index in [4.69, 9.17) is 5.10 Å². The highest BCUT2D eigenvalue weighted by atomic mass is 16.2. The first-order chi connectivity index (χ1) is 12.5. The van der Waals surface area contributed by atoms with Gasteiger partial charge < -0.3 is 4.90 Å². The Hall–Kier alpha value is -2.88. The van der Waals surface area contributed by atoms with E-state index in [2.05, 4.69) is 6.07 Å². The summed E-state index contributed by atoms with van der Waals surface area (Å²) < 4.78 is 1.79. The number of aryl methyl sites for hydroxylation is 2. The van der Waals surface area contributed by atoms with Crippen LogP contribution in [0.1, 0.15) is 46.1 Å². The lowest BCUT2D eigenvalue weighted by Gasteiger charge is -2.19. The Bertz CT molecular complexity index is 935. The Morgan fingerprint density at radius 1 is 1.04 bits per heavy atom. The molecule has 1 heterocycles. The fourth-order valence-corrected chi connectivity index (χ4v) is 3.33. The van der Waals surface area contributed by atoms with Gasteiger partial charge in [0, 0.05) is 18.7 Å². The molecule has 1 aliphatic carbocycles. The Balaban J connectivity index is 1.75. The molecule has 1 saturated carbocycles. The molecular weight excluding hydrogens is 322 g/mol. The van der Waals surface area contributed by atoms with Crippen molar-refractivity contribution in [2.45, 2.75) is 32.6 Å². The van der Waals surface area contributed by atoms with E-state index in [1.54, 1.807) is 9.58 Å². The molecular formula is C22H23N3O. The smallest absolute Gasteiger partial charge is 0.276 e. The highest BCUT2D eigenvalue weighted by molar-refractivity contribution is 6.05. The van der Waals surface area contributed by atoms with Crippen LogP contribution >= 0.6 is 0 Å². The monoisotopic (exact) mass is 345 g/mol. The molecule has 4 rings (SSSR count). The first-order valence-corrected chi connectivity index (χ1v) is 9.04. The summed E-state index contributed by atoms with van der Waals surface area (Å²) in [6.45, 7) is 4.10. The van der Waals surface area contributed by atoms with Crippen molar-refractivity contribution in [3.63, 3.8) is 0 Å². The van der Waals surface area contributed by atoms with Gasteiger partial charge in [0.05, 0.1) is 11.4 Å². The second-order valence-corrected chi connectivity index (χ2v) is 7.19. The summed E-state index contributed by atoms with van der Waals surface area (Å²) in [5, 5.41) is 4.74. The summed E-state index contributed by atoms with van der Waals surface area (Å²) in [6.07, 6.45) is 2.32. The lowest BCUT2D eigenvalue weighted by molar-refractivity contribution is 0.0985. The van der Waals surface area contributed by atoms with Crippen molar-refractivity contribution in [3.8, 4) is 5.69 Å². The number of rotatable bonds is 4. The van der Waals surface area contributed by atoms with E-state index in [0.717, 1.165) is 41.0 Å². The predicted molar refractivity (Wildman–Crippen MR) is 104 cm³/mol. The van der Waals surface area contributed by atoms with E-state index in [1.165, 1.54) is 0 Å². The molecule has 3 aromatic rings. The highest BCUT2D eigenvalue weighted by Gasteiger charge is 2.30. The standard InChI is InChI=1S/C22H23N3O/c1-15-11-16(2)13-19(12-15)24(3)22(26)21-14-20(17-9-10-17)23-25(21)18-7-5-4-6-8-18/h4-8,11-14,17H,9-10H2,1-3H3. The van der Waals surface area contributed by atoms with Gasteiger partial charge in [-0.05, 0) is 68.1 Å². The number of benzene rings is 2. The summed E-state index contributed by atoms with van der Waals surface area (Å²) in [7, 11) is 1.83. The minimum absolute atomic E-state index is 0.0433. The average molecular weight is 345 g/mol. The van der Waals surface area contributed by atoms with Crippen molar-refractivity contribution in [3.05, 3.63) is 77.1 Å². The zero-order valence-electron chi connectivity index (χ0n) is 15.4. The molecule has 0 atom stereocenters. The Morgan fingerprint density at radius 2 is 1.69 bits per heavy atom. The highest BCUT2D eigenvalue weighted by Crippen LogP contribution is 2.40. The van der Waals surface area contributed by atoms with E-state index < -0.39 is 0 Å². The summed E-state index contributed by atoms with van der Waals surface area (Å²) >= 11 is 0. The Labute approximate surface area is 154 Å². The number of nitrogens with zero attached hydrogens (tertiary/aromatic N) is 3. The van der Waals surface area contributed by atoms with Gasteiger partial charge in [0.2, 0.25) is 0 Å². The molecule has 0 unspecified atom stereocenters. The second kappa shape index (κ2) is 6.45. The van der Waals surface area contributed by atoms with Crippen molar-refractivity contribution < 1.29 is 4.79 Å². The molecule has 4 heteroatoms. The van der Waals surface area contributed by atoms with Gasteiger partial charge in [0.1, 0.15) is 5.69 Å². The van der Waals surface area contributed by atoms with Crippen molar-refractivity contribution >= 4 is 11.6 Å². The molecule has 0 radical (unpaired) electrons. The fourth-order valence-electron chi connectivity index (χ4n) is 3.33. The molecule has 0 saturated heterocycles. The molecule has 132 valence electrons. The van der Waals surface area contributed by atoms with Crippen LogP contribution in [0, 0.1) is 13.8 Å². The van der Waals surface area contributed by atoms with Crippen LogP contribution < -0.4 is 4.90 Å². The lowest BCUT2D eigenvalue weighted by atomic mass is 10.1. The van der Waals surface area contributed by atoms with Crippen LogP contribution in [0.5, 0.6) is 0 Å². The third-order valence-corrected chi connectivity index (χ3v) is 4.84. The number of hydrogen-bond acceptors (Lipinski definition) is 2. The molecule has 1 fully saturated rings. The minimum Gasteiger partial charge on any atom is -0.310 e. The maximum atomic E-state index is 13.3. The van der Waals surface area contributed by atoms with Gasteiger partial charge in [-0.1, -0.05) is 24.3 Å². The van der Waals surface area contributed by atoms with E-state index >= 15 is 0 Å². The molecule has 1 aromatic heterocycles. The van der Waals surface area contributed by atoms with Crippen LogP contribution in [0.4, 0.5) is 5.69 Å². The van der Waals surface area contributed by atoms with E-state index in [1.807, 2.05) is 69.4 Å². The number of hydrogen-bond donors (Lipinski definition) is 0. The van der Waals surface area contributed by atoms with E-state index in [-0.39, 0.29) is 5.91 Å². The molecule has 26 heavy (non-hydrogen) atoms. The van der Waals surface area contributed by atoms with Gasteiger partial charge in [-0.2, -0.15) is 5.10 Å². The quantitative estimate of drug-likeness (QED) is 0.691. The number of para-hydroxylation sites is 1. The largest absolute Gasteiger partial charge is 0.310 e. The van der Waals surface area contributed by atoms with Crippen LogP contribution in [-0.4, -0.2) is 22.7 Å². The molecule has 0 aliphatic heterocycles. The third-order valence-electron chi connectivity index (χ3n) is 4.84. The summed E-state index contributed by atoms with van der Waals surface area (Å²) in [4.78, 5) is 15.0. The SMILES string of the molecule is Cc1cc(C)cc(N(C)C(=O)c2cc(C3CC3)nn2-c2ccccc2)c1. The predicted octanol–water partition coefficient (Wildman–Crippen LogP) is 4.64. The molecule has 0 bridgehead atoms. The van der Waals surface area contributed by atoms with Crippen LogP contribution in [0.3, 0.4) is 0 Å². The maximum absolute atomic E-state index is 13.3. The average Bonchev–Trinajstić information content (AvgIpc) is 3.39. The van der Waals surface area contributed by atoms with Crippen molar-refractivity contribution in [1.29, 1.82) is 0 Å². The minimum atomic E-state index is -0.0433. The number of carbonyl (C=O) groups excluding carboxylic acids is 1. The molecule has 1 amide bonds. The summed E-state index contributed by atoms with van der Waals surface area (Å²) in [5.74, 6) is 0.455. The van der Waals surface area contributed by atoms with Crippen molar-refractivity contribution in [2.24, 2.45) is 0 Å². The topological polar surface area (TPSA) is 38.1 Å². The summed E-state index contributed by atoms with van der Waals surface area (Å²) in [5.41, 5.74) is 5.74. The van der Waals surface area contributed by atoms with Crippen molar-refractivity contribution in [2.75, 3.05) is 11.9 Å². The molecule has 0 spiro atoms. The second-order valence-electron chi connectivity index (χ2n) is 7.19. The van der Waals surface area contributed by atoms with Gasteiger partial charge >= 0.3 is 0 Å². The zero-order valence-corrected chi connectivity index (χ0v) is 15.4. The van der Waals surface area contributed by atoms with Gasteiger partial charge in [-0.15, -0.1) is 0 Å². The van der Waals surface area contributed by atoms with Crippen LogP contribution in [0.15, 0.2) is 54.6 Å². The van der Waals surface area contributed by atoms with Crippen LogP contribution in [-0.2, 0) is 0 Å². The van der Waals surface area contributed by atoms with E-state index in [9.17, 15) is 4.79 Å². The van der Waals surface area contributed by atoms with Crippen LogP contribution in [0.25, 0.3) is 5.69 Å². The molecule has 4 nitrogen and oxygen atoms in total. The van der Waals surface area contributed by atoms with Gasteiger partial charge in [-0.25, -0.2) is 4.68 Å². The Morgan fingerprint density at radius 3 is 2.31 bits per heavy atom. The normalized spacial score (nSPS) is 13.7. The first kappa shape index (κ1) is 16.6. The van der Waals surface area contributed by atoms with Gasteiger partial charge in [-0.3, -0.25) is 4.79 Å². The number of amides is 1. The van der Waals surface area contributed by atoms with Crippen molar-refractivity contribution in [1.82, 2.24) is 9.78 Å². The van der Waals surface area contributed by atoms with E-state index in [0.29, 0.717) is 11.6 Å². The van der Waals surface area contributed by atoms with Gasteiger partial charge in [0.25, 0.3) is 5.91 Å². The van der Waals surface area contributed by atoms with Crippen LogP contribution in [0.2, 0.25) is 0 Å².